The summed E-state index contributed by atoms with van der Waals surface area (Å²) in [6.45, 7) is 5.56. The predicted molar refractivity (Wildman–Crippen MR) is 99.9 cm³/mol. The van der Waals surface area contributed by atoms with Crippen molar-refractivity contribution in [3.05, 3.63) is 0 Å². The van der Waals surface area contributed by atoms with Gasteiger partial charge in [0, 0.05) is 6.42 Å². The Morgan fingerprint density at radius 2 is 1.11 bits per heavy atom. The standard InChI is InChI=1S/C19H36O8/c1-2-3-4-5-6-7-19(22)27-17-16-26-15-14-25-13-12-24-11-10-23-9-8-18(20)21/h2-17H2,1H3,(H,20,21). The van der Waals surface area contributed by atoms with Gasteiger partial charge in [0.05, 0.1) is 59.3 Å². The fraction of sp³-hybridized carbons (Fsp3) is 0.895. The van der Waals surface area contributed by atoms with E-state index in [1.54, 1.807) is 0 Å². The summed E-state index contributed by atoms with van der Waals surface area (Å²) in [6.07, 6.45) is 6.06. The molecule has 1 N–H and O–H groups in total. The molecule has 27 heavy (non-hydrogen) atoms. The van der Waals surface area contributed by atoms with E-state index in [4.69, 9.17) is 28.8 Å². The fourth-order valence-electron chi connectivity index (χ4n) is 2.08. The number of unbranched alkanes of at least 4 members (excludes halogenated alkanes) is 4. The Morgan fingerprint density at radius 1 is 0.630 bits per heavy atom. The minimum atomic E-state index is -0.873. The van der Waals surface area contributed by atoms with Crippen molar-refractivity contribution in [3.8, 4) is 0 Å². The van der Waals surface area contributed by atoms with E-state index in [0.717, 1.165) is 12.8 Å². The first-order valence-electron chi connectivity index (χ1n) is 9.85. The summed E-state index contributed by atoms with van der Waals surface area (Å²) < 4.78 is 26.1. The van der Waals surface area contributed by atoms with Crippen LogP contribution in [0.1, 0.15) is 51.9 Å². The van der Waals surface area contributed by atoms with Gasteiger partial charge >= 0.3 is 11.9 Å². The summed E-state index contributed by atoms with van der Waals surface area (Å²) >= 11 is 0. The molecule has 0 heterocycles. The van der Waals surface area contributed by atoms with E-state index in [1.165, 1.54) is 19.3 Å². The van der Waals surface area contributed by atoms with Crippen LogP contribution >= 0.6 is 0 Å². The van der Waals surface area contributed by atoms with Crippen molar-refractivity contribution < 1.29 is 38.4 Å². The maximum absolute atomic E-state index is 11.5. The molecule has 8 nitrogen and oxygen atoms in total. The molecular weight excluding hydrogens is 356 g/mol. The molecule has 0 bridgehead atoms. The van der Waals surface area contributed by atoms with Gasteiger partial charge in [0.1, 0.15) is 6.61 Å². The lowest BCUT2D eigenvalue weighted by molar-refractivity contribution is -0.145. The summed E-state index contributed by atoms with van der Waals surface area (Å²) in [7, 11) is 0. The minimum Gasteiger partial charge on any atom is -0.481 e. The Morgan fingerprint density at radius 3 is 1.63 bits per heavy atom. The number of carbonyl (C=O) groups excluding carboxylic acids is 1. The van der Waals surface area contributed by atoms with E-state index in [9.17, 15) is 9.59 Å². The molecule has 0 aliphatic heterocycles. The third-order valence-electron chi connectivity index (χ3n) is 3.55. The van der Waals surface area contributed by atoms with E-state index in [-0.39, 0.29) is 25.6 Å². The van der Waals surface area contributed by atoms with Crippen LogP contribution in [0, 0.1) is 0 Å². The summed E-state index contributed by atoms with van der Waals surface area (Å²) in [5.41, 5.74) is 0. The van der Waals surface area contributed by atoms with Gasteiger partial charge in [0.25, 0.3) is 0 Å². The second-order valence-electron chi connectivity index (χ2n) is 5.98. The summed E-state index contributed by atoms with van der Waals surface area (Å²) in [6, 6.07) is 0. The van der Waals surface area contributed by atoms with E-state index in [0.29, 0.717) is 52.7 Å². The molecule has 160 valence electrons. The van der Waals surface area contributed by atoms with E-state index in [2.05, 4.69) is 6.92 Å². The Labute approximate surface area is 162 Å². The maximum Gasteiger partial charge on any atom is 0.305 e. The lowest BCUT2D eigenvalue weighted by Gasteiger charge is -2.08. The highest BCUT2D eigenvalue weighted by Gasteiger charge is 2.02. The van der Waals surface area contributed by atoms with Crippen LogP contribution in [-0.2, 0) is 33.3 Å². The average molecular weight is 392 g/mol. The second-order valence-corrected chi connectivity index (χ2v) is 5.98. The van der Waals surface area contributed by atoms with Gasteiger partial charge in [-0.25, -0.2) is 0 Å². The molecule has 0 radical (unpaired) electrons. The van der Waals surface area contributed by atoms with Crippen LogP contribution in [0.4, 0.5) is 0 Å². The monoisotopic (exact) mass is 392 g/mol. The van der Waals surface area contributed by atoms with Crippen molar-refractivity contribution in [1.82, 2.24) is 0 Å². The minimum absolute atomic E-state index is 0.00135. The van der Waals surface area contributed by atoms with Crippen molar-refractivity contribution in [2.45, 2.75) is 51.9 Å². The number of esters is 1. The van der Waals surface area contributed by atoms with Gasteiger partial charge in [-0.3, -0.25) is 9.59 Å². The third kappa shape index (κ3) is 22.7. The van der Waals surface area contributed by atoms with Gasteiger partial charge in [-0.1, -0.05) is 32.6 Å². The SMILES string of the molecule is CCCCCCCC(=O)OCCOCCOCCOCCOCCC(=O)O. The van der Waals surface area contributed by atoms with Crippen LogP contribution in [0.3, 0.4) is 0 Å². The van der Waals surface area contributed by atoms with Crippen LogP contribution in [0.15, 0.2) is 0 Å². The summed E-state index contributed by atoms with van der Waals surface area (Å²) in [4.78, 5) is 21.7. The van der Waals surface area contributed by atoms with Crippen molar-refractivity contribution >= 4 is 11.9 Å². The molecule has 0 amide bonds. The lowest BCUT2D eigenvalue weighted by atomic mass is 10.1. The Kier molecular flexibility index (Phi) is 20.1. The van der Waals surface area contributed by atoms with Crippen LogP contribution in [-0.4, -0.2) is 76.5 Å². The summed E-state index contributed by atoms with van der Waals surface area (Å²) in [5.74, 6) is -1.03. The van der Waals surface area contributed by atoms with Crippen LogP contribution in [0.5, 0.6) is 0 Å². The molecule has 8 heteroatoms. The summed E-state index contributed by atoms with van der Waals surface area (Å²) in [5, 5.41) is 8.42. The van der Waals surface area contributed by atoms with E-state index < -0.39 is 5.97 Å². The highest BCUT2D eigenvalue weighted by molar-refractivity contribution is 5.69. The van der Waals surface area contributed by atoms with Crippen molar-refractivity contribution in [2.75, 3.05) is 59.5 Å². The zero-order valence-electron chi connectivity index (χ0n) is 16.6. The molecule has 0 aromatic heterocycles. The molecule has 0 saturated heterocycles. The molecule has 0 saturated carbocycles. The average Bonchev–Trinajstić information content (AvgIpc) is 2.64. The molecule has 0 aliphatic rings. The Balaban J connectivity index is 3.12. The van der Waals surface area contributed by atoms with Crippen LogP contribution in [0.25, 0.3) is 0 Å². The highest BCUT2D eigenvalue weighted by atomic mass is 16.6. The van der Waals surface area contributed by atoms with Gasteiger partial charge in [-0.15, -0.1) is 0 Å². The van der Waals surface area contributed by atoms with E-state index >= 15 is 0 Å². The first-order valence-corrected chi connectivity index (χ1v) is 9.85. The van der Waals surface area contributed by atoms with Crippen LogP contribution in [0.2, 0.25) is 0 Å². The second kappa shape index (κ2) is 21.1. The first kappa shape index (κ1) is 25.8. The molecule has 0 atom stereocenters. The zero-order chi connectivity index (χ0) is 20.0. The molecule has 0 fully saturated rings. The predicted octanol–water partition coefficient (Wildman–Crippen LogP) is 2.43. The molecule has 0 spiro atoms. The Bertz CT molecular complexity index is 349. The van der Waals surface area contributed by atoms with Crippen molar-refractivity contribution in [2.24, 2.45) is 0 Å². The Hall–Kier alpha value is -1.22. The van der Waals surface area contributed by atoms with E-state index in [1.807, 2.05) is 0 Å². The normalized spacial score (nSPS) is 10.9. The molecular formula is C19H36O8. The maximum atomic E-state index is 11.5. The van der Waals surface area contributed by atoms with Gasteiger partial charge in [0.15, 0.2) is 0 Å². The number of carbonyl (C=O) groups is 2. The van der Waals surface area contributed by atoms with Gasteiger partial charge in [-0.2, -0.15) is 0 Å². The van der Waals surface area contributed by atoms with Gasteiger partial charge in [-0.05, 0) is 6.42 Å². The number of carboxylic acids is 1. The number of carboxylic acid groups (broad SMARTS) is 1. The van der Waals surface area contributed by atoms with Crippen molar-refractivity contribution in [3.63, 3.8) is 0 Å². The zero-order valence-corrected chi connectivity index (χ0v) is 16.6. The fourth-order valence-corrected chi connectivity index (χ4v) is 2.08. The highest BCUT2D eigenvalue weighted by Crippen LogP contribution is 2.05. The van der Waals surface area contributed by atoms with Crippen molar-refractivity contribution in [1.29, 1.82) is 0 Å². The third-order valence-corrected chi connectivity index (χ3v) is 3.55. The molecule has 0 unspecified atom stereocenters. The number of hydrogen-bond donors (Lipinski definition) is 1. The topological polar surface area (TPSA) is 101 Å². The largest absolute Gasteiger partial charge is 0.481 e. The quantitative estimate of drug-likeness (QED) is 0.235. The number of ether oxygens (including phenoxy) is 5. The molecule has 0 rings (SSSR count). The molecule has 0 aromatic rings. The molecule has 0 aliphatic carbocycles. The lowest BCUT2D eigenvalue weighted by Crippen LogP contribution is -2.14. The smallest absolute Gasteiger partial charge is 0.305 e. The van der Waals surface area contributed by atoms with Gasteiger partial charge in [0.2, 0.25) is 0 Å². The molecule has 0 aromatic carbocycles. The van der Waals surface area contributed by atoms with Gasteiger partial charge < -0.3 is 28.8 Å². The number of rotatable bonds is 21. The van der Waals surface area contributed by atoms with Crippen LogP contribution < -0.4 is 0 Å². The number of aliphatic carboxylic acids is 1. The number of hydrogen-bond acceptors (Lipinski definition) is 7. The first-order chi connectivity index (χ1) is 13.2.